The number of primary amides is 1. The zero-order chi connectivity index (χ0) is 16.9. The van der Waals surface area contributed by atoms with Crippen LogP contribution < -0.4 is 10.5 Å². The van der Waals surface area contributed by atoms with Crippen LogP contribution in [0.2, 0.25) is 0 Å². The van der Waals surface area contributed by atoms with Gasteiger partial charge in [-0.1, -0.05) is 24.3 Å². The lowest BCUT2D eigenvalue weighted by Crippen LogP contribution is -2.49. The lowest BCUT2D eigenvalue weighted by atomic mass is 9.93. The Morgan fingerprint density at radius 3 is 2.58 bits per heavy atom. The number of hydrogen-bond acceptors (Lipinski definition) is 3. The molecule has 0 fully saturated rings. The van der Waals surface area contributed by atoms with Gasteiger partial charge in [0.2, 0.25) is 5.91 Å². The summed E-state index contributed by atoms with van der Waals surface area (Å²) in [6, 6.07) is 13.8. The molecular weight excluding hydrogens is 307 g/mol. The maximum atomic E-state index is 12.9. The Morgan fingerprint density at radius 1 is 1.17 bits per heavy atom. The van der Waals surface area contributed by atoms with Crippen LogP contribution in [0, 0.1) is 5.82 Å². The van der Waals surface area contributed by atoms with Gasteiger partial charge in [-0.15, -0.1) is 0 Å². The Labute approximate surface area is 141 Å². The Kier molecular flexibility index (Phi) is 5.11. The van der Waals surface area contributed by atoms with Crippen molar-refractivity contribution in [2.24, 2.45) is 5.73 Å². The molecule has 0 aliphatic carbocycles. The smallest absolute Gasteiger partial charge is 0.235 e. The van der Waals surface area contributed by atoms with E-state index in [1.54, 1.807) is 12.1 Å². The first-order valence-corrected chi connectivity index (χ1v) is 8.12. The second-order valence-electron chi connectivity index (χ2n) is 6.02. The third-order valence-electron chi connectivity index (χ3n) is 4.35. The molecule has 0 unspecified atom stereocenters. The lowest BCUT2D eigenvalue weighted by Gasteiger charge is -2.35. The van der Waals surface area contributed by atoms with E-state index >= 15 is 0 Å². The molecule has 1 aliphatic heterocycles. The van der Waals surface area contributed by atoms with Crippen molar-refractivity contribution in [3.05, 3.63) is 65.5 Å². The van der Waals surface area contributed by atoms with Gasteiger partial charge in [-0.2, -0.15) is 0 Å². The van der Waals surface area contributed by atoms with Crippen molar-refractivity contribution in [3.8, 4) is 5.75 Å². The van der Waals surface area contributed by atoms with Crippen LogP contribution >= 0.6 is 0 Å². The number of nitrogens with zero attached hydrogens (tertiary/aromatic N) is 1. The summed E-state index contributed by atoms with van der Waals surface area (Å²) in [6.45, 7) is 1.96. The van der Waals surface area contributed by atoms with Crippen LogP contribution in [0.25, 0.3) is 0 Å². The largest absolute Gasteiger partial charge is 0.494 e. The van der Waals surface area contributed by atoms with Gasteiger partial charge in [0.05, 0.1) is 12.6 Å². The van der Waals surface area contributed by atoms with Gasteiger partial charge in [0, 0.05) is 13.1 Å². The van der Waals surface area contributed by atoms with E-state index in [-0.39, 0.29) is 17.8 Å². The summed E-state index contributed by atoms with van der Waals surface area (Å²) in [4.78, 5) is 13.9. The van der Waals surface area contributed by atoms with Gasteiger partial charge in [0.25, 0.3) is 0 Å². The monoisotopic (exact) mass is 328 g/mol. The number of ether oxygens (including phenoxy) is 1. The van der Waals surface area contributed by atoms with Crippen LogP contribution in [0.3, 0.4) is 0 Å². The van der Waals surface area contributed by atoms with Crippen LogP contribution in [0.5, 0.6) is 5.75 Å². The van der Waals surface area contributed by atoms with Crippen LogP contribution in [0.4, 0.5) is 4.39 Å². The van der Waals surface area contributed by atoms with Crippen molar-refractivity contribution >= 4 is 5.91 Å². The SMILES string of the molecule is NC(=O)[C@@H]1Cc2ccccc2CN1CCCOc1ccc(F)cc1. The predicted octanol–water partition coefficient (Wildman–Crippen LogP) is 2.51. The summed E-state index contributed by atoms with van der Waals surface area (Å²) in [6.07, 6.45) is 1.42. The lowest BCUT2D eigenvalue weighted by molar-refractivity contribution is -0.123. The summed E-state index contributed by atoms with van der Waals surface area (Å²) in [5.74, 6) is 0.0782. The number of carbonyl (C=O) groups is 1. The Morgan fingerprint density at radius 2 is 1.88 bits per heavy atom. The summed E-state index contributed by atoms with van der Waals surface area (Å²) < 4.78 is 18.5. The number of hydrogen-bond donors (Lipinski definition) is 1. The van der Waals surface area contributed by atoms with Crippen molar-refractivity contribution in [3.63, 3.8) is 0 Å². The number of nitrogens with two attached hydrogens (primary N) is 1. The van der Waals surface area contributed by atoms with E-state index in [0.717, 1.165) is 19.5 Å². The first-order valence-electron chi connectivity index (χ1n) is 8.12. The van der Waals surface area contributed by atoms with E-state index in [0.29, 0.717) is 18.8 Å². The van der Waals surface area contributed by atoms with Gasteiger partial charge in [0.1, 0.15) is 11.6 Å². The van der Waals surface area contributed by atoms with E-state index in [4.69, 9.17) is 10.5 Å². The topological polar surface area (TPSA) is 55.6 Å². The standard InChI is InChI=1S/C19H21FN2O2/c20-16-6-8-17(9-7-16)24-11-3-10-22-13-15-5-2-1-4-14(15)12-18(22)19(21)23/h1-2,4-9,18H,3,10-13H2,(H2,21,23)/t18-/m0/s1. The van der Waals surface area contributed by atoms with Gasteiger partial charge >= 0.3 is 0 Å². The fourth-order valence-electron chi connectivity index (χ4n) is 3.08. The number of benzene rings is 2. The van der Waals surface area contributed by atoms with Crippen molar-refractivity contribution in [2.45, 2.75) is 25.4 Å². The number of carbonyl (C=O) groups excluding carboxylic acids is 1. The highest BCUT2D eigenvalue weighted by atomic mass is 19.1. The van der Waals surface area contributed by atoms with Crippen LogP contribution in [-0.4, -0.2) is 30.0 Å². The van der Waals surface area contributed by atoms with Gasteiger partial charge < -0.3 is 10.5 Å². The maximum Gasteiger partial charge on any atom is 0.235 e. The highest BCUT2D eigenvalue weighted by Crippen LogP contribution is 2.23. The zero-order valence-corrected chi connectivity index (χ0v) is 13.5. The maximum absolute atomic E-state index is 12.9. The molecule has 2 N–H and O–H groups in total. The molecule has 1 heterocycles. The summed E-state index contributed by atoms with van der Waals surface area (Å²) in [5, 5.41) is 0. The highest BCUT2D eigenvalue weighted by Gasteiger charge is 2.29. The molecule has 0 aromatic heterocycles. The van der Waals surface area contributed by atoms with Crippen molar-refractivity contribution in [1.29, 1.82) is 0 Å². The van der Waals surface area contributed by atoms with Crippen LogP contribution in [0.1, 0.15) is 17.5 Å². The molecule has 2 aromatic rings. The van der Waals surface area contributed by atoms with Crippen LogP contribution in [-0.2, 0) is 17.8 Å². The Hall–Kier alpha value is -2.40. The normalized spacial score (nSPS) is 17.3. The molecule has 126 valence electrons. The summed E-state index contributed by atoms with van der Waals surface area (Å²) in [5.41, 5.74) is 8.02. The average Bonchev–Trinajstić information content (AvgIpc) is 2.59. The third kappa shape index (κ3) is 3.92. The first kappa shape index (κ1) is 16.5. The second kappa shape index (κ2) is 7.45. The second-order valence-corrected chi connectivity index (χ2v) is 6.02. The minimum Gasteiger partial charge on any atom is -0.494 e. The molecule has 0 radical (unpaired) electrons. The molecule has 0 spiro atoms. The summed E-state index contributed by atoms with van der Waals surface area (Å²) >= 11 is 0. The van der Waals surface area contributed by atoms with E-state index in [9.17, 15) is 9.18 Å². The molecular formula is C19H21FN2O2. The van der Waals surface area contributed by atoms with E-state index in [1.165, 1.54) is 23.3 Å². The number of halogens is 1. The first-order chi connectivity index (χ1) is 11.6. The molecule has 2 aromatic carbocycles. The predicted molar refractivity (Wildman–Crippen MR) is 90.1 cm³/mol. The average molecular weight is 328 g/mol. The highest BCUT2D eigenvalue weighted by molar-refractivity contribution is 5.80. The van der Waals surface area contributed by atoms with Gasteiger partial charge in [-0.3, -0.25) is 9.69 Å². The van der Waals surface area contributed by atoms with Crippen LogP contribution in [0.15, 0.2) is 48.5 Å². The Balaban J connectivity index is 1.55. The van der Waals surface area contributed by atoms with Crippen molar-refractivity contribution < 1.29 is 13.9 Å². The van der Waals surface area contributed by atoms with Crippen molar-refractivity contribution in [2.75, 3.05) is 13.2 Å². The molecule has 1 atom stereocenters. The molecule has 1 amide bonds. The van der Waals surface area contributed by atoms with E-state index < -0.39 is 0 Å². The number of fused-ring (bicyclic) bond motifs is 1. The molecule has 5 heteroatoms. The Bertz CT molecular complexity index is 703. The van der Waals surface area contributed by atoms with Gasteiger partial charge in [-0.05, 0) is 48.2 Å². The molecule has 24 heavy (non-hydrogen) atoms. The fraction of sp³-hybridized carbons (Fsp3) is 0.316. The minimum atomic E-state index is -0.288. The fourth-order valence-corrected chi connectivity index (χ4v) is 3.08. The van der Waals surface area contributed by atoms with Gasteiger partial charge in [-0.25, -0.2) is 4.39 Å². The molecule has 0 saturated heterocycles. The minimum absolute atomic E-state index is 0.272. The summed E-state index contributed by atoms with van der Waals surface area (Å²) in [7, 11) is 0. The number of amides is 1. The van der Waals surface area contributed by atoms with Gasteiger partial charge in [0.15, 0.2) is 0 Å². The quantitative estimate of drug-likeness (QED) is 0.829. The molecule has 3 rings (SSSR count). The molecule has 1 aliphatic rings. The molecule has 4 nitrogen and oxygen atoms in total. The van der Waals surface area contributed by atoms with Crippen molar-refractivity contribution in [1.82, 2.24) is 4.90 Å². The third-order valence-corrected chi connectivity index (χ3v) is 4.35. The van der Waals surface area contributed by atoms with E-state index in [1.807, 2.05) is 12.1 Å². The molecule has 0 bridgehead atoms. The zero-order valence-electron chi connectivity index (χ0n) is 13.5. The van der Waals surface area contributed by atoms with E-state index in [2.05, 4.69) is 17.0 Å². The number of rotatable bonds is 6. The molecule has 0 saturated carbocycles.